The number of rotatable bonds is 11. The Labute approximate surface area is 154 Å². The summed E-state index contributed by atoms with van der Waals surface area (Å²) in [4.78, 5) is 2.23. The number of methoxy groups -OCH3 is 1. The zero-order chi connectivity index (χ0) is 18.9. The highest BCUT2D eigenvalue weighted by Crippen LogP contribution is 2.29. The quantitative estimate of drug-likeness (QED) is 0.600. The zero-order valence-corrected chi connectivity index (χ0v) is 16.1. The van der Waals surface area contributed by atoms with Crippen LogP contribution in [0.4, 0.5) is 4.39 Å². The van der Waals surface area contributed by atoms with Crippen molar-refractivity contribution < 1.29 is 13.9 Å². The van der Waals surface area contributed by atoms with E-state index in [2.05, 4.69) is 27.5 Å². The van der Waals surface area contributed by atoms with E-state index in [4.69, 9.17) is 9.47 Å². The third-order valence-electron chi connectivity index (χ3n) is 4.21. The Morgan fingerprint density at radius 2 is 2.08 bits per heavy atom. The Balaban J connectivity index is 2.28. The van der Waals surface area contributed by atoms with Gasteiger partial charge in [0, 0.05) is 37.9 Å². The minimum Gasteiger partial charge on any atom is -0.491 e. The third kappa shape index (κ3) is 5.52. The largest absolute Gasteiger partial charge is 0.491 e. The summed E-state index contributed by atoms with van der Waals surface area (Å²) in [7, 11) is 5.64. The van der Waals surface area contributed by atoms with Crippen LogP contribution in [0.25, 0.3) is 11.3 Å². The van der Waals surface area contributed by atoms with Crippen LogP contribution in [0, 0.1) is 6.92 Å². The van der Waals surface area contributed by atoms with E-state index >= 15 is 0 Å². The normalized spacial score (nSPS) is 11.3. The van der Waals surface area contributed by atoms with Crippen LogP contribution in [0.5, 0.6) is 5.75 Å². The summed E-state index contributed by atoms with van der Waals surface area (Å²) in [6.45, 7) is 4.95. The van der Waals surface area contributed by atoms with Gasteiger partial charge >= 0.3 is 0 Å². The minimum absolute atomic E-state index is 0.424. The molecule has 0 unspecified atom stereocenters. The lowest BCUT2D eigenvalue weighted by Gasteiger charge is -2.17. The van der Waals surface area contributed by atoms with Gasteiger partial charge in [0.25, 0.3) is 0 Å². The Bertz CT molecular complexity index is 690. The van der Waals surface area contributed by atoms with Gasteiger partial charge in [0.05, 0.1) is 18.0 Å². The number of aryl methyl sites for hydroxylation is 1. The number of aromatic amines is 1. The average molecular weight is 364 g/mol. The fourth-order valence-electron chi connectivity index (χ4n) is 2.75. The van der Waals surface area contributed by atoms with Gasteiger partial charge in [-0.05, 0) is 44.8 Å². The van der Waals surface area contributed by atoms with E-state index in [0.717, 1.165) is 42.1 Å². The molecule has 0 spiro atoms. The maximum Gasteiger partial charge on any atom is 0.120 e. The molecule has 1 heterocycles. The molecule has 0 saturated heterocycles. The number of hydrogen-bond acceptors (Lipinski definition) is 5. The number of hydrogen-bond donors (Lipinski definition) is 2. The molecular weight excluding hydrogens is 335 g/mol. The molecule has 1 aromatic carbocycles. The number of nitrogens with one attached hydrogen (secondary N) is 2. The van der Waals surface area contributed by atoms with E-state index < -0.39 is 6.67 Å². The molecule has 2 rings (SSSR count). The lowest BCUT2D eigenvalue weighted by molar-refractivity contribution is 0.146. The molecule has 144 valence electrons. The Morgan fingerprint density at radius 1 is 1.27 bits per heavy atom. The van der Waals surface area contributed by atoms with E-state index in [1.807, 2.05) is 26.1 Å². The van der Waals surface area contributed by atoms with E-state index in [1.54, 1.807) is 13.2 Å². The van der Waals surface area contributed by atoms with Crippen LogP contribution in [0.3, 0.4) is 0 Å². The molecule has 0 saturated carbocycles. The summed E-state index contributed by atoms with van der Waals surface area (Å²) in [6, 6.07) is 5.48. The fraction of sp³-hybridized carbons (Fsp3) is 0.526. The minimum atomic E-state index is -0.543. The molecule has 0 aliphatic rings. The first-order chi connectivity index (χ1) is 12.6. The van der Waals surface area contributed by atoms with E-state index in [9.17, 15) is 4.39 Å². The number of halogens is 1. The van der Waals surface area contributed by atoms with Crippen LogP contribution in [0.1, 0.15) is 16.8 Å². The summed E-state index contributed by atoms with van der Waals surface area (Å²) >= 11 is 0. The van der Waals surface area contributed by atoms with Crippen molar-refractivity contribution in [2.24, 2.45) is 0 Å². The van der Waals surface area contributed by atoms with Crippen LogP contribution in [-0.2, 0) is 18.0 Å². The highest BCUT2D eigenvalue weighted by atomic mass is 19.1. The molecule has 7 heteroatoms. The Kier molecular flexibility index (Phi) is 8.03. The van der Waals surface area contributed by atoms with Gasteiger partial charge < -0.3 is 19.7 Å². The number of likely N-dealkylation sites (N-methyl/N-ethyl adjacent to an activating group) is 2. The summed E-state index contributed by atoms with van der Waals surface area (Å²) < 4.78 is 24.0. The van der Waals surface area contributed by atoms with Crippen LogP contribution in [0.15, 0.2) is 18.2 Å². The number of H-pyrrole nitrogens is 1. The van der Waals surface area contributed by atoms with Gasteiger partial charge in [-0.15, -0.1) is 0 Å². The van der Waals surface area contributed by atoms with E-state index in [0.29, 0.717) is 24.5 Å². The molecule has 2 N–H and O–H groups in total. The van der Waals surface area contributed by atoms with Crippen molar-refractivity contribution in [1.82, 2.24) is 20.4 Å². The van der Waals surface area contributed by atoms with Crippen molar-refractivity contribution in [3.05, 3.63) is 35.0 Å². The lowest BCUT2D eigenvalue weighted by atomic mass is 10.0. The second-order valence-corrected chi connectivity index (χ2v) is 6.34. The van der Waals surface area contributed by atoms with Gasteiger partial charge in [0.15, 0.2) is 0 Å². The molecule has 0 aliphatic heterocycles. The molecule has 0 radical (unpaired) electrons. The van der Waals surface area contributed by atoms with Gasteiger partial charge in [-0.2, -0.15) is 5.10 Å². The monoisotopic (exact) mass is 364 g/mol. The van der Waals surface area contributed by atoms with Crippen LogP contribution < -0.4 is 10.1 Å². The number of alkyl halides is 1. The smallest absolute Gasteiger partial charge is 0.120 e. The number of benzene rings is 1. The molecule has 6 nitrogen and oxygen atoms in total. The standard InChI is InChI=1S/C19H29FN4O2/c1-14-18(13-24(3)6-5-21-2)19(23-22-14)16-9-15(12-20)10-17(11-16)26-8-7-25-4/h9-11,21H,5-8,12-13H2,1-4H3,(H,22,23). The molecule has 0 aliphatic carbocycles. The predicted octanol–water partition coefficient (Wildman–Crippen LogP) is 2.53. The summed E-state index contributed by atoms with van der Waals surface area (Å²) in [5.41, 5.74) is 4.43. The first-order valence-electron chi connectivity index (χ1n) is 8.78. The maximum atomic E-state index is 13.3. The Hall–Kier alpha value is -1.96. The topological polar surface area (TPSA) is 62.4 Å². The van der Waals surface area contributed by atoms with Crippen LogP contribution in [-0.4, -0.2) is 62.6 Å². The van der Waals surface area contributed by atoms with Crippen LogP contribution in [0.2, 0.25) is 0 Å². The van der Waals surface area contributed by atoms with Crippen molar-refractivity contribution >= 4 is 0 Å². The van der Waals surface area contributed by atoms with Crippen molar-refractivity contribution in [3.63, 3.8) is 0 Å². The molecule has 0 atom stereocenters. The molecular formula is C19H29FN4O2. The number of ether oxygens (including phenoxy) is 2. The van der Waals surface area contributed by atoms with Crippen molar-refractivity contribution in [2.75, 3.05) is 47.5 Å². The highest BCUT2D eigenvalue weighted by Gasteiger charge is 2.15. The van der Waals surface area contributed by atoms with Gasteiger partial charge in [0.1, 0.15) is 19.0 Å². The summed E-state index contributed by atoms with van der Waals surface area (Å²) in [6.07, 6.45) is 0. The average Bonchev–Trinajstić information content (AvgIpc) is 3.00. The van der Waals surface area contributed by atoms with Gasteiger partial charge in [-0.25, -0.2) is 4.39 Å². The zero-order valence-electron chi connectivity index (χ0n) is 16.1. The molecule has 0 bridgehead atoms. The molecule has 0 amide bonds. The highest BCUT2D eigenvalue weighted by molar-refractivity contribution is 5.66. The molecule has 0 fully saturated rings. The van der Waals surface area contributed by atoms with Crippen LogP contribution >= 0.6 is 0 Å². The first kappa shape index (κ1) is 20.4. The predicted molar refractivity (Wildman–Crippen MR) is 101 cm³/mol. The second kappa shape index (κ2) is 10.3. The van der Waals surface area contributed by atoms with Crippen molar-refractivity contribution in [3.8, 4) is 17.0 Å². The van der Waals surface area contributed by atoms with E-state index in [-0.39, 0.29) is 0 Å². The summed E-state index contributed by atoms with van der Waals surface area (Å²) in [5.74, 6) is 0.633. The number of aromatic nitrogens is 2. The third-order valence-corrected chi connectivity index (χ3v) is 4.21. The fourth-order valence-corrected chi connectivity index (χ4v) is 2.75. The second-order valence-electron chi connectivity index (χ2n) is 6.34. The van der Waals surface area contributed by atoms with Gasteiger partial charge in [0.2, 0.25) is 0 Å². The SMILES string of the molecule is CNCCN(C)Cc1c(C)n[nH]c1-c1cc(CF)cc(OCCOC)c1. The molecule has 1 aromatic heterocycles. The lowest BCUT2D eigenvalue weighted by Crippen LogP contribution is -2.27. The number of nitrogens with zero attached hydrogens (tertiary/aromatic N) is 2. The van der Waals surface area contributed by atoms with Gasteiger partial charge in [-0.1, -0.05) is 0 Å². The van der Waals surface area contributed by atoms with Crippen molar-refractivity contribution in [1.29, 1.82) is 0 Å². The van der Waals surface area contributed by atoms with Crippen molar-refractivity contribution in [2.45, 2.75) is 20.1 Å². The maximum absolute atomic E-state index is 13.3. The molecule has 26 heavy (non-hydrogen) atoms. The molecule has 2 aromatic rings. The Morgan fingerprint density at radius 3 is 2.77 bits per heavy atom. The summed E-state index contributed by atoms with van der Waals surface area (Å²) in [5, 5.41) is 10.6. The first-order valence-corrected chi connectivity index (χ1v) is 8.78. The van der Waals surface area contributed by atoms with E-state index in [1.165, 1.54) is 0 Å². The van der Waals surface area contributed by atoms with Gasteiger partial charge in [-0.3, -0.25) is 5.10 Å².